The number of nitriles is 1. The molecule has 0 amide bonds. The molecular weight excluding hydrogens is 326 g/mol. The van der Waals surface area contributed by atoms with Gasteiger partial charge in [0.25, 0.3) is 0 Å². The average molecular weight is 337 g/mol. The van der Waals surface area contributed by atoms with E-state index in [0.717, 1.165) is 27.6 Å². The standard InChI is InChI=1S/C16H11N5S2/c1-22-16-20-13-3-2-10(5-14(13)23-16)4-12-8-18-15-6-11(7-17)19-9-21(12)15/h2-3,5-6,8-9H,4H2,1H3. The lowest BCUT2D eigenvalue weighted by molar-refractivity contribution is 0.982. The third kappa shape index (κ3) is 2.56. The Morgan fingerprint density at radius 3 is 3.04 bits per heavy atom. The van der Waals surface area contributed by atoms with Crippen molar-refractivity contribution in [2.24, 2.45) is 0 Å². The van der Waals surface area contributed by atoms with Gasteiger partial charge in [0, 0.05) is 24.4 Å². The van der Waals surface area contributed by atoms with E-state index < -0.39 is 0 Å². The number of thioether (sulfide) groups is 1. The molecule has 0 saturated heterocycles. The van der Waals surface area contributed by atoms with Gasteiger partial charge in [0.15, 0.2) is 4.34 Å². The zero-order chi connectivity index (χ0) is 15.8. The van der Waals surface area contributed by atoms with Crippen LogP contribution in [0, 0.1) is 11.3 Å². The molecule has 3 aromatic heterocycles. The van der Waals surface area contributed by atoms with E-state index in [0.29, 0.717) is 5.69 Å². The molecule has 0 saturated carbocycles. The van der Waals surface area contributed by atoms with Crippen LogP contribution in [0.25, 0.3) is 15.9 Å². The van der Waals surface area contributed by atoms with E-state index in [2.05, 4.69) is 33.2 Å². The lowest BCUT2D eigenvalue weighted by atomic mass is 10.1. The smallest absolute Gasteiger partial charge is 0.150 e. The molecule has 3 heterocycles. The van der Waals surface area contributed by atoms with Gasteiger partial charge in [-0.25, -0.2) is 15.0 Å². The fraction of sp³-hybridized carbons (Fsp3) is 0.125. The molecule has 0 spiro atoms. The summed E-state index contributed by atoms with van der Waals surface area (Å²) in [5, 5.41) is 8.91. The molecule has 4 rings (SSSR count). The van der Waals surface area contributed by atoms with Crippen LogP contribution in [0.15, 0.2) is 41.1 Å². The van der Waals surface area contributed by atoms with Crippen molar-refractivity contribution in [3.63, 3.8) is 0 Å². The van der Waals surface area contributed by atoms with Crippen molar-refractivity contribution >= 4 is 39.0 Å². The maximum absolute atomic E-state index is 8.91. The van der Waals surface area contributed by atoms with Crippen LogP contribution >= 0.6 is 23.1 Å². The summed E-state index contributed by atoms with van der Waals surface area (Å²) in [5.41, 5.74) is 4.42. The number of fused-ring (bicyclic) bond motifs is 2. The van der Waals surface area contributed by atoms with E-state index in [-0.39, 0.29) is 0 Å². The molecule has 0 N–H and O–H groups in total. The quantitative estimate of drug-likeness (QED) is 0.535. The van der Waals surface area contributed by atoms with Crippen LogP contribution in [0.1, 0.15) is 17.0 Å². The lowest BCUT2D eigenvalue weighted by Gasteiger charge is -2.02. The first kappa shape index (κ1) is 14.2. The molecule has 7 heteroatoms. The molecule has 4 aromatic rings. The van der Waals surface area contributed by atoms with Gasteiger partial charge in [-0.1, -0.05) is 17.8 Å². The maximum atomic E-state index is 8.91. The zero-order valence-electron chi connectivity index (χ0n) is 12.2. The number of hydrogen-bond donors (Lipinski definition) is 0. The normalized spacial score (nSPS) is 11.1. The van der Waals surface area contributed by atoms with E-state index in [1.54, 1.807) is 35.5 Å². The van der Waals surface area contributed by atoms with Crippen molar-refractivity contribution in [3.8, 4) is 6.07 Å². The van der Waals surface area contributed by atoms with Crippen molar-refractivity contribution in [2.45, 2.75) is 10.8 Å². The predicted octanol–water partition coefficient (Wildman–Crippen LogP) is 3.52. The van der Waals surface area contributed by atoms with Gasteiger partial charge in [0.05, 0.1) is 10.2 Å². The van der Waals surface area contributed by atoms with Crippen molar-refractivity contribution in [2.75, 3.05) is 6.26 Å². The Hall–Kier alpha value is -2.43. The summed E-state index contributed by atoms with van der Waals surface area (Å²) in [4.78, 5) is 13.0. The van der Waals surface area contributed by atoms with E-state index in [9.17, 15) is 0 Å². The van der Waals surface area contributed by atoms with Gasteiger partial charge in [-0.05, 0) is 24.0 Å². The van der Waals surface area contributed by atoms with E-state index >= 15 is 0 Å². The molecule has 5 nitrogen and oxygen atoms in total. The third-order valence-corrected chi connectivity index (χ3v) is 5.59. The Labute approximate surface area is 140 Å². The monoisotopic (exact) mass is 337 g/mol. The molecule has 0 atom stereocenters. The van der Waals surface area contributed by atoms with E-state index in [1.807, 2.05) is 22.9 Å². The summed E-state index contributed by atoms with van der Waals surface area (Å²) in [5.74, 6) is 0. The van der Waals surface area contributed by atoms with Crippen LogP contribution in [0.2, 0.25) is 0 Å². The number of benzene rings is 1. The van der Waals surface area contributed by atoms with Gasteiger partial charge in [-0.2, -0.15) is 5.26 Å². The number of aromatic nitrogens is 4. The molecule has 0 aliphatic rings. The molecule has 23 heavy (non-hydrogen) atoms. The number of hydrogen-bond acceptors (Lipinski definition) is 6. The fourth-order valence-corrected chi connectivity index (χ4v) is 4.03. The summed E-state index contributed by atoms with van der Waals surface area (Å²) in [6.45, 7) is 0. The third-order valence-electron chi connectivity index (χ3n) is 3.59. The minimum atomic E-state index is 0.380. The second kappa shape index (κ2) is 5.65. The van der Waals surface area contributed by atoms with Crippen molar-refractivity contribution in [1.82, 2.24) is 19.4 Å². The van der Waals surface area contributed by atoms with Crippen LogP contribution in [0.4, 0.5) is 0 Å². The second-order valence-electron chi connectivity index (χ2n) is 5.03. The van der Waals surface area contributed by atoms with Crippen molar-refractivity contribution in [1.29, 1.82) is 5.26 Å². The Morgan fingerprint density at radius 2 is 2.22 bits per heavy atom. The summed E-state index contributed by atoms with van der Waals surface area (Å²) < 4.78 is 4.20. The van der Waals surface area contributed by atoms with Gasteiger partial charge >= 0.3 is 0 Å². The van der Waals surface area contributed by atoms with Crippen LogP contribution in [0.3, 0.4) is 0 Å². The molecule has 0 aliphatic carbocycles. The van der Waals surface area contributed by atoms with E-state index in [1.165, 1.54) is 10.3 Å². The maximum Gasteiger partial charge on any atom is 0.150 e. The summed E-state index contributed by atoms with van der Waals surface area (Å²) >= 11 is 3.38. The highest BCUT2D eigenvalue weighted by atomic mass is 32.2. The number of nitrogens with zero attached hydrogens (tertiary/aromatic N) is 5. The Bertz CT molecular complexity index is 1060. The van der Waals surface area contributed by atoms with Crippen LogP contribution in [0.5, 0.6) is 0 Å². The summed E-state index contributed by atoms with van der Waals surface area (Å²) in [7, 11) is 0. The van der Waals surface area contributed by atoms with Gasteiger partial charge in [-0.3, -0.25) is 4.40 Å². The molecule has 0 unspecified atom stereocenters. The van der Waals surface area contributed by atoms with Gasteiger partial charge in [0.2, 0.25) is 0 Å². The fourth-order valence-electron chi connectivity index (χ4n) is 2.48. The van der Waals surface area contributed by atoms with Gasteiger partial charge < -0.3 is 0 Å². The number of imidazole rings is 1. The Kier molecular flexibility index (Phi) is 3.48. The number of thiazole rings is 1. The highest BCUT2D eigenvalue weighted by Gasteiger charge is 2.08. The van der Waals surface area contributed by atoms with Gasteiger partial charge in [-0.15, -0.1) is 11.3 Å². The predicted molar refractivity (Wildman–Crippen MR) is 91.9 cm³/mol. The molecule has 0 fully saturated rings. The summed E-state index contributed by atoms with van der Waals surface area (Å²) in [6.07, 6.45) is 6.30. The summed E-state index contributed by atoms with van der Waals surface area (Å²) in [6, 6.07) is 10.1. The first-order chi connectivity index (χ1) is 11.3. The molecule has 1 aromatic carbocycles. The van der Waals surface area contributed by atoms with E-state index in [4.69, 9.17) is 5.26 Å². The van der Waals surface area contributed by atoms with Crippen LogP contribution in [-0.2, 0) is 6.42 Å². The minimum Gasteiger partial charge on any atom is -0.287 e. The second-order valence-corrected chi connectivity index (χ2v) is 7.11. The van der Waals surface area contributed by atoms with Gasteiger partial charge in [0.1, 0.15) is 23.7 Å². The van der Waals surface area contributed by atoms with Crippen molar-refractivity contribution < 1.29 is 0 Å². The minimum absolute atomic E-state index is 0.380. The van der Waals surface area contributed by atoms with Crippen molar-refractivity contribution in [3.05, 3.63) is 53.7 Å². The molecule has 112 valence electrons. The Morgan fingerprint density at radius 1 is 1.30 bits per heavy atom. The highest BCUT2D eigenvalue weighted by molar-refractivity contribution is 8.00. The average Bonchev–Trinajstić information content (AvgIpc) is 3.17. The molecule has 0 bridgehead atoms. The largest absolute Gasteiger partial charge is 0.287 e. The first-order valence-corrected chi connectivity index (χ1v) is 8.96. The number of rotatable bonds is 3. The first-order valence-electron chi connectivity index (χ1n) is 6.92. The lowest BCUT2D eigenvalue weighted by Crippen LogP contribution is -1.96. The zero-order valence-corrected chi connectivity index (χ0v) is 13.9. The topological polar surface area (TPSA) is 66.9 Å². The molecule has 0 aliphatic heterocycles. The Balaban J connectivity index is 1.71. The SMILES string of the molecule is CSc1nc2ccc(Cc3cnc4cc(C#N)ncn34)cc2s1. The molecule has 0 radical (unpaired) electrons. The highest BCUT2D eigenvalue weighted by Crippen LogP contribution is 2.29. The van der Waals surface area contributed by atoms with Crippen LogP contribution < -0.4 is 0 Å². The molecular formula is C16H11N5S2. The van der Waals surface area contributed by atoms with Crippen LogP contribution in [-0.4, -0.2) is 25.6 Å².